The molecule has 0 saturated carbocycles. The van der Waals surface area contributed by atoms with Gasteiger partial charge in [-0.05, 0) is 11.6 Å². The van der Waals surface area contributed by atoms with Crippen molar-refractivity contribution in [2.75, 3.05) is 0 Å². The summed E-state index contributed by atoms with van der Waals surface area (Å²) < 4.78 is -1.52. The van der Waals surface area contributed by atoms with Crippen molar-refractivity contribution in [3.05, 3.63) is 42.1 Å². The van der Waals surface area contributed by atoms with Gasteiger partial charge in [0.05, 0.1) is 12.4 Å². The van der Waals surface area contributed by atoms with Crippen molar-refractivity contribution in [2.45, 2.75) is 9.90 Å². The third-order valence-corrected chi connectivity index (χ3v) is 2.70. The summed E-state index contributed by atoms with van der Waals surface area (Å²) in [4.78, 5) is 5.28. The van der Waals surface area contributed by atoms with Gasteiger partial charge in [-0.15, -0.1) is 5.17 Å². The normalized spacial score (nSPS) is 20.4. The molecule has 1 aromatic carbocycles. The lowest BCUT2D eigenvalue weighted by Gasteiger charge is -2.17. The quantitative estimate of drug-likeness (QED) is 0.777. The summed E-state index contributed by atoms with van der Waals surface area (Å²) in [6, 6.07) is 9.75. The van der Waals surface area contributed by atoms with Crippen LogP contribution in [0.3, 0.4) is 0 Å². The molecule has 1 unspecified atom stereocenters. The van der Waals surface area contributed by atoms with Crippen molar-refractivity contribution in [1.82, 2.24) is 5.17 Å². The van der Waals surface area contributed by atoms with Gasteiger partial charge in [0.1, 0.15) is 0 Å². The van der Waals surface area contributed by atoms with E-state index in [0.29, 0.717) is 0 Å². The number of alkyl halides is 3. The van der Waals surface area contributed by atoms with Gasteiger partial charge in [0.2, 0.25) is 3.79 Å². The van der Waals surface area contributed by atoms with Gasteiger partial charge in [0.15, 0.2) is 6.10 Å². The summed E-state index contributed by atoms with van der Waals surface area (Å²) in [5, 5.41) is 5.21. The van der Waals surface area contributed by atoms with Crippen LogP contribution < -0.4 is 0 Å². The standard InChI is InChI=1S/C11H9Cl3N2O/c12-11(13,14)10-8-15-16(17-10)7-6-9-4-2-1-3-5-9/h1-8,10H. The molecule has 1 heterocycles. The fourth-order valence-corrected chi connectivity index (χ4v) is 1.52. The fourth-order valence-electron chi connectivity index (χ4n) is 1.23. The second-order valence-corrected chi connectivity index (χ2v) is 5.73. The van der Waals surface area contributed by atoms with Gasteiger partial charge in [0.25, 0.3) is 0 Å². The van der Waals surface area contributed by atoms with E-state index in [1.165, 1.54) is 11.4 Å². The predicted molar refractivity (Wildman–Crippen MR) is 71.0 cm³/mol. The first-order valence-electron chi connectivity index (χ1n) is 4.86. The van der Waals surface area contributed by atoms with Crippen molar-refractivity contribution in [2.24, 2.45) is 5.10 Å². The van der Waals surface area contributed by atoms with Crippen molar-refractivity contribution < 1.29 is 4.84 Å². The lowest BCUT2D eigenvalue weighted by Crippen LogP contribution is -2.28. The van der Waals surface area contributed by atoms with Crippen molar-refractivity contribution in [3.8, 4) is 0 Å². The SMILES string of the molecule is ClC(Cl)(Cl)C1C=NN(C=Cc2ccccc2)O1. The number of nitrogens with zero attached hydrogens (tertiary/aromatic N) is 2. The molecule has 0 spiro atoms. The molecule has 0 aromatic heterocycles. The molecule has 1 aliphatic rings. The van der Waals surface area contributed by atoms with E-state index in [2.05, 4.69) is 5.10 Å². The van der Waals surface area contributed by atoms with E-state index in [4.69, 9.17) is 39.6 Å². The number of halogens is 3. The first-order valence-corrected chi connectivity index (χ1v) is 5.99. The van der Waals surface area contributed by atoms with Crippen LogP contribution in [0.5, 0.6) is 0 Å². The molecule has 17 heavy (non-hydrogen) atoms. The molecule has 0 bridgehead atoms. The van der Waals surface area contributed by atoms with E-state index < -0.39 is 9.90 Å². The molecular weight excluding hydrogens is 282 g/mol. The minimum absolute atomic E-state index is 0.673. The third-order valence-electron chi connectivity index (χ3n) is 2.05. The molecule has 90 valence electrons. The molecule has 1 atom stereocenters. The van der Waals surface area contributed by atoms with Crippen molar-refractivity contribution in [3.63, 3.8) is 0 Å². The minimum Gasteiger partial charge on any atom is -0.239 e. The lowest BCUT2D eigenvalue weighted by molar-refractivity contribution is -0.117. The second-order valence-electron chi connectivity index (χ2n) is 3.36. The Morgan fingerprint density at radius 2 is 1.94 bits per heavy atom. The van der Waals surface area contributed by atoms with E-state index in [-0.39, 0.29) is 0 Å². The Morgan fingerprint density at radius 3 is 2.53 bits per heavy atom. The van der Waals surface area contributed by atoms with Gasteiger partial charge in [-0.2, -0.15) is 5.10 Å². The van der Waals surface area contributed by atoms with Crippen LogP contribution in [-0.4, -0.2) is 21.3 Å². The Hall–Kier alpha value is -0.740. The van der Waals surface area contributed by atoms with Gasteiger partial charge in [-0.1, -0.05) is 65.1 Å². The van der Waals surface area contributed by atoms with E-state index in [0.717, 1.165) is 5.56 Å². The maximum Gasteiger partial charge on any atom is 0.224 e. The summed E-state index contributed by atoms with van der Waals surface area (Å²) >= 11 is 17.1. The zero-order valence-corrected chi connectivity index (χ0v) is 10.9. The number of rotatable bonds is 2. The molecule has 0 saturated heterocycles. The topological polar surface area (TPSA) is 24.8 Å². The second kappa shape index (κ2) is 5.27. The van der Waals surface area contributed by atoms with Crippen LogP contribution in [0.4, 0.5) is 0 Å². The Kier molecular flexibility index (Phi) is 3.94. The smallest absolute Gasteiger partial charge is 0.224 e. The zero-order chi connectivity index (χ0) is 12.3. The monoisotopic (exact) mass is 290 g/mol. The molecule has 1 aliphatic heterocycles. The summed E-state index contributed by atoms with van der Waals surface area (Å²) in [6.07, 6.45) is 4.27. The first-order chi connectivity index (χ1) is 8.05. The average molecular weight is 292 g/mol. The van der Waals surface area contributed by atoms with Gasteiger partial charge in [0, 0.05) is 0 Å². The van der Waals surface area contributed by atoms with Gasteiger partial charge < -0.3 is 0 Å². The molecule has 0 fully saturated rings. The van der Waals surface area contributed by atoms with E-state index in [1.807, 2.05) is 36.4 Å². The summed E-state index contributed by atoms with van der Waals surface area (Å²) in [6.45, 7) is 0. The van der Waals surface area contributed by atoms with Crippen LogP contribution in [0, 0.1) is 0 Å². The van der Waals surface area contributed by atoms with Crippen LogP contribution in [0.2, 0.25) is 0 Å². The molecule has 0 aliphatic carbocycles. The summed E-state index contributed by atoms with van der Waals surface area (Å²) in [5.74, 6) is 0. The molecular formula is C11H9Cl3N2O. The number of benzene rings is 1. The highest BCUT2D eigenvalue weighted by Gasteiger charge is 2.37. The molecule has 0 N–H and O–H groups in total. The Balaban J connectivity index is 1.95. The van der Waals surface area contributed by atoms with E-state index in [9.17, 15) is 0 Å². The predicted octanol–water partition coefficient (Wildman–Crippen LogP) is 3.63. The Morgan fingerprint density at radius 1 is 1.24 bits per heavy atom. The van der Waals surface area contributed by atoms with Crippen LogP contribution in [-0.2, 0) is 4.84 Å². The van der Waals surface area contributed by atoms with Crippen LogP contribution in [0.1, 0.15) is 5.56 Å². The highest BCUT2D eigenvalue weighted by molar-refractivity contribution is 6.68. The Labute approximate surface area is 114 Å². The first kappa shape index (κ1) is 12.7. The molecule has 2 rings (SSSR count). The van der Waals surface area contributed by atoms with Gasteiger partial charge in [-0.3, -0.25) is 0 Å². The largest absolute Gasteiger partial charge is 0.239 e. The fraction of sp³-hybridized carbons (Fsp3) is 0.182. The summed E-state index contributed by atoms with van der Waals surface area (Å²) in [5.41, 5.74) is 1.03. The summed E-state index contributed by atoms with van der Waals surface area (Å²) in [7, 11) is 0. The van der Waals surface area contributed by atoms with Crippen LogP contribution >= 0.6 is 34.8 Å². The zero-order valence-electron chi connectivity index (χ0n) is 8.63. The van der Waals surface area contributed by atoms with Gasteiger partial charge >= 0.3 is 0 Å². The van der Waals surface area contributed by atoms with E-state index in [1.54, 1.807) is 6.20 Å². The highest BCUT2D eigenvalue weighted by atomic mass is 35.6. The number of hydroxylamine groups is 1. The highest BCUT2D eigenvalue weighted by Crippen LogP contribution is 2.33. The lowest BCUT2D eigenvalue weighted by atomic mass is 10.2. The van der Waals surface area contributed by atoms with Crippen molar-refractivity contribution in [1.29, 1.82) is 0 Å². The third kappa shape index (κ3) is 3.61. The Bertz CT molecular complexity index is 428. The minimum atomic E-state index is -1.52. The number of hydrogen-bond donors (Lipinski definition) is 0. The maximum absolute atomic E-state index is 5.69. The molecule has 0 amide bonds. The van der Waals surface area contributed by atoms with Crippen LogP contribution in [0.15, 0.2) is 41.6 Å². The molecule has 1 aromatic rings. The number of hydrazone groups is 1. The molecule has 6 heteroatoms. The molecule has 0 radical (unpaired) electrons. The van der Waals surface area contributed by atoms with Crippen molar-refractivity contribution >= 4 is 47.1 Å². The average Bonchev–Trinajstić information content (AvgIpc) is 2.76. The van der Waals surface area contributed by atoms with Crippen LogP contribution in [0.25, 0.3) is 6.08 Å². The maximum atomic E-state index is 5.69. The number of hydrogen-bond acceptors (Lipinski definition) is 3. The van der Waals surface area contributed by atoms with E-state index >= 15 is 0 Å². The van der Waals surface area contributed by atoms with Gasteiger partial charge in [-0.25, -0.2) is 4.84 Å². The molecule has 3 nitrogen and oxygen atoms in total.